The Balaban J connectivity index is 1.88. The molecule has 100 valence electrons. The first kappa shape index (κ1) is 13.5. The molecule has 0 radical (unpaired) electrons. The lowest BCUT2D eigenvalue weighted by molar-refractivity contribution is -0.132. The van der Waals surface area contributed by atoms with Crippen molar-refractivity contribution in [2.45, 2.75) is 44.9 Å². The summed E-state index contributed by atoms with van der Waals surface area (Å²) >= 11 is 1.59. The normalized spacial score (nSPS) is 25.1. The zero-order chi connectivity index (χ0) is 13.1. The molecule has 1 aromatic heterocycles. The summed E-state index contributed by atoms with van der Waals surface area (Å²) < 4.78 is 5.56. The van der Waals surface area contributed by atoms with Crippen molar-refractivity contribution in [3.8, 4) is 0 Å². The summed E-state index contributed by atoms with van der Waals surface area (Å²) in [4.78, 5) is 16.4. The molecule has 2 heterocycles. The highest BCUT2D eigenvalue weighted by Gasteiger charge is 2.30. The topological polar surface area (TPSA) is 77.2 Å². The molecule has 5 nitrogen and oxygen atoms in total. The maximum Gasteiger partial charge on any atom is 0.249 e. The van der Waals surface area contributed by atoms with Crippen LogP contribution in [0, 0.1) is 6.92 Å². The molecule has 3 atom stereocenters. The average molecular weight is 269 g/mol. The Kier molecular flexibility index (Phi) is 4.31. The fraction of sp³-hybridized carbons (Fsp3) is 0.667. The fourth-order valence-electron chi connectivity index (χ4n) is 2.03. The molecule has 0 spiro atoms. The minimum atomic E-state index is -0.360. The third-order valence-corrected chi connectivity index (χ3v) is 3.89. The van der Waals surface area contributed by atoms with Gasteiger partial charge in [-0.05, 0) is 26.7 Å². The number of aromatic nitrogens is 1. The fourth-order valence-corrected chi connectivity index (χ4v) is 2.74. The zero-order valence-corrected chi connectivity index (χ0v) is 11.5. The van der Waals surface area contributed by atoms with E-state index in [0.717, 1.165) is 23.5 Å². The van der Waals surface area contributed by atoms with Gasteiger partial charge in [-0.15, -0.1) is 11.3 Å². The van der Waals surface area contributed by atoms with Crippen molar-refractivity contribution >= 4 is 17.2 Å². The highest BCUT2D eigenvalue weighted by molar-refractivity contribution is 7.09. The lowest BCUT2D eigenvalue weighted by Crippen LogP contribution is -2.37. The molecule has 3 N–H and O–H groups in total. The maximum absolute atomic E-state index is 12.0. The quantitative estimate of drug-likeness (QED) is 0.859. The molecule has 1 aliphatic heterocycles. The molecule has 6 heteroatoms. The number of nitrogens with zero attached hydrogens (tertiary/aromatic N) is 1. The van der Waals surface area contributed by atoms with E-state index in [1.807, 2.05) is 19.2 Å². The minimum absolute atomic E-state index is 0.0255. The van der Waals surface area contributed by atoms with Gasteiger partial charge in [0, 0.05) is 11.9 Å². The first-order chi connectivity index (χ1) is 8.60. The third kappa shape index (κ3) is 3.07. The number of aryl methyl sites for hydroxylation is 1. The smallest absolute Gasteiger partial charge is 0.249 e. The van der Waals surface area contributed by atoms with Crippen LogP contribution in [0.15, 0.2) is 5.38 Å². The van der Waals surface area contributed by atoms with Crippen LogP contribution in [0.1, 0.15) is 36.5 Å². The van der Waals surface area contributed by atoms with E-state index in [4.69, 9.17) is 10.5 Å². The third-order valence-electron chi connectivity index (χ3n) is 3.10. The summed E-state index contributed by atoms with van der Waals surface area (Å²) in [5.41, 5.74) is 6.43. The molecule has 0 bridgehead atoms. The number of hydrogen-bond donors (Lipinski definition) is 2. The summed E-state index contributed by atoms with van der Waals surface area (Å²) in [6.07, 6.45) is 1.27. The Morgan fingerprint density at radius 1 is 1.72 bits per heavy atom. The lowest BCUT2D eigenvalue weighted by Gasteiger charge is -2.16. The number of nitrogens with one attached hydrogen (secondary N) is 1. The van der Waals surface area contributed by atoms with Gasteiger partial charge in [-0.25, -0.2) is 4.98 Å². The number of amides is 1. The van der Waals surface area contributed by atoms with Crippen molar-refractivity contribution in [3.63, 3.8) is 0 Å². The molecule has 1 aromatic rings. The SMILES string of the molecule is Cc1nc(C(C)NC(=O)[C@@H]2CC[C@H](CN)O2)cs1. The highest BCUT2D eigenvalue weighted by atomic mass is 32.1. The van der Waals surface area contributed by atoms with Gasteiger partial charge < -0.3 is 15.8 Å². The van der Waals surface area contributed by atoms with E-state index in [2.05, 4.69) is 10.3 Å². The number of carbonyl (C=O) groups excluding carboxylic acids is 1. The van der Waals surface area contributed by atoms with Crippen LogP contribution in [-0.4, -0.2) is 29.6 Å². The van der Waals surface area contributed by atoms with Crippen LogP contribution < -0.4 is 11.1 Å². The van der Waals surface area contributed by atoms with Crippen LogP contribution in [0.25, 0.3) is 0 Å². The molecule has 0 aliphatic carbocycles. The molecular weight excluding hydrogens is 250 g/mol. The number of rotatable bonds is 4. The highest BCUT2D eigenvalue weighted by Crippen LogP contribution is 2.21. The van der Waals surface area contributed by atoms with Gasteiger partial charge in [0.05, 0.1) is 22.8 Å². The first-order valence-corrected chi connectivity index (χ1v) is 7.06. The molecule has 1 amide bonds. The molecule has 1 saturated heterocycles. The molecule has 18 heavy (non-hydrogen) atoms. The van der Waals surface area contributed by atoms with Gasteiger partial charge in [-0.1, -0.05) is 0 Å². The summed E-state index contributed by atoms with van der Waals surface area (Å²) in [5, 5.41) is 5.91. The van der Waals surface area contributed by atoms with Gasteiger partial charge in [0.2, 0.25) is 5.91 Å². The Morgan fingerprint density at radius 3 is 3.06 bits per heavy atom. The van der Waals surface area contributed by atoms with Gasteiger partial charge in [0.15, 0.2) is 0 Å². The number of thiazole rings is 1. The van der Waals surface area contributed by atoms with Crippen LogP contribution in [0.3, 0.4) is 0 Å². The van der Waals surface area contributed by atoms with Crippen LogP contribution in [0.5, 0.6) is 0 Å². The van der Waals surface area contributed by atoms with Crippen molar-refractivity contribution < 1.29 is 9.53 Å². The molecule has 2 rings (SSSR count). The molecule has 0 aromatic carbocycles. The number of nitrogens with two attached hydrogens (primary N) is 1. The zero-order valence-electron chi connectivity index (χ0n) is 10.7. The standard InChI is InChI=1S/C12H19N3O2S/c1-7(10-6-18-8(2)15-10)14-12(16)11-4-3-9(5-13)17-11/h6-7,9,11H,3-5,13H2,1-2H3,(H,14,16)/t7?,9-,11+/m1/s1. The molecule has 0 saturated carbocycles. The Morgan fingerprint density at radius 2 is 2.50 bits per heavy atom. The summed E-state index contributed by atoms with van der Waals surface area (Å²) in [6, 6.07) is -0.0806. The van der Waals surface area contributed by atoms with Gasteiger partial charge in [-0.2, -0.15) is 0 Å². The van der Waals surface area contributed by atoms with Gasteiger partial charge in [-0.3, -0.25) is 4.79 Å². The van der Waals surface area contributed by atoms with E-state index < -0.39 is 0 Å². The van der Waals surface area contributed by atoms with E-state index in [1.165, 1.54) is 0 Å². The second-order valence-electron chi connectivity index (χ2n) is 4.58. The van der Waals surface area contributed by atoms with Gasteiger partial charge in [0.1, 0.15) is 6.10 Å². The Labute approximate surface area is 111 Å². The number of ether oxygens (including phenoxy) is 1. The second kappa shape index (κ2) is 5.77. The predicted molar refractivity (Wildman–Crippen MR) is 70.4 cm³/mol. The van der Waals surface area contributed by atoms with Crippen LogP contribution >= 0.6 is 11.3 Å². The van der Waals surface area contributed by atoms with E-state index >= 15 is 0 Å². The second-order valence-corrected chi connectivity index (χ2v) is 5.64. The van der Waals surface area contributed by atoms with Crippen molar-refractivity contribution in [3.05, 3.63) is 16.1 Å². The van der Waals surface area contributed by atoms with Crippen molar-refractivity contribution in [1.82, 2.24) is 10.3 Å². The summed E-state index contributed by atoms with van der Waals surface area (Å²) in [5.74, 6) is -0.0656. The molecule has 1 fully saturated rings. The first-order valence-electron chi connectivity index (χ1n) is 6.18. The Hall–Kier alpha value is -0.980. The monoisotopic (exact) mass is 269 g/mol. The molecule has 1 aliphatic rings. The van der Waals surface area contributed by atoms with E-state index in [1.54, 1.807) is 11.3 Å². The van der Waals surface area contributed by atoms with Crippen molar-refractivity contribution in [1.29, 1.82) is 0 Å². The van der Waals surface area contributed by atoms with Crippen molar-refractivity contribution in [2.75, 3.05) is 6.54 Å². The Bertz CT molecular complexity index is 421. The van der Waals surface area contributed by atoms with Crippen molar-refractivity contribution in [2.24, 2.45) is 5.73 Å². The molecule has 1 unspecified atom stereocenters. The maximum atomic E-state index is 12.0. The minimum Gasteiger partial charge on any atom is -0.364 e. The van der Waals surface area contributed by atoms with Gasteiger partial charge in [0.25, 0.3) is 0 Å². The van der Waals surface area contributed by atoms with Crippen LogP contribution in [-0.2, 0) is 9.53 Å². The molecular formula is C12H19N3O2S. The van der Waals surface area contributed by atoms with E-state index in [0.29, 0.717) is 6.54 Å². The summed E-state index contributed by atoms with van der Waals surface area (Å²) in [6.45, 7) is 4.36. The average Bonchev–Trinajstić information content (AvgIpc) is 2.97. The van der Waals surface area contributed by atoms with Gasteiger partial charge >= 0.3 is 0 Å². The largest absolute Gasteiger partial charge is 0.364 e. The van der Waals surface area contributed by atoms with Crippen LogP contribution in [0.2, 0.25) is 0 Å². The lowest BCUT2D eigenvalue weighted by atomic mass is 10.1. The van der Waals surface area contributed by atoms with E-state index in [9.17, 15) is 4.79 Å². The number of hydrogen-bond acceptors (Lipinski definition) is 5. The summed E-state index contributed by atoms with van der Waals surface area (Å²) in [7, 11) is 0. The van der Waals surface area contributed by atoms with E-state index in [-0.39, 0.29) is 24.2 Å². The number of carbonyl (C=O) groups is 1. The van der Waals surface area contributed by atoms with Crippen LogP contribution in [0.4, 0.5) is 0 Å². The predicted octanol–water partition coefficient (Wildman–Crippen LogP) is 1.14.